The summed E-state index contributed by atoms with van der Waals surface area (Å²) in [4.78, 5) is 38.6. The van der Waals surface area contributed by atoms with Crippen LogP contribution < -0.4 is 26.1 Å². The molecule has 2 saturated carbocycles. The van der Waals surface area contributed by atoms with Crippen LogP contribution in [-0.4, -0.2) is 40.6 Å². The largest absolute Gasteiger partial charge is 0.490 e. The van der Waals surface area contributed by atoms with Crippen molar-refractivity contribution < 1.29 is 19.1 Å². The summed E-state index contributed by atoms with van der Waals surface area (Å²) in [7, 11) is 3.36. The average Bonchev–Trinajstić information content (AvgIpc) is 3.72. The van der Waals surface area contributed by atoms with Gasteiger partial charge < -0.3 is 30.0 Å². The number of pyridine rings is 1. The van der Waals surface area contributed by atoms with E-state index in [9.17, 15) is 14.4 Å². The molecule has 0 spiro atoms. The lowest BCUT2D eigenvalue weighted by Crippen LogP contribution is -2.42. The monoisotopic (exact) mass is 586 g/mol. The van der Waals surface area contributed by atoms with Crippen molar-refractivity contribution in [3.8, 4) is 28.4 Å². The van der Waals surface area contributed by atoms with Gasteiger partial charge in [-0.25, -0.2) is 4.79 Å². The number of nitrogens with one attached hydrogen (secondary N) is 1. The van der Waals surface area contributed by atoms with Gasteiger partial charge in [0.25, 0.3) is 5.56 Å². The number of carbonyl (C=O) groups is 2. The first-order valence-electron chi connectivity index (χ1n) is 15.0. The third-order valence-corrected chi connectivity index (χ3v) is 8.79. The Morgan fingerprint density at radius 1 is 1.02 bits per heavy atom. The lowest BCUT2D eigenvalue weighted by atomic mass is 9.92. The Morgan fingerprint density at radius 2 is 1.70 bits per heavy atom. The van der Waals surface area contributed by atoms with E-state index in [2.05, 4.69) is 5.32 Å². The Labute approximate surface area is 253 Å². The molecule has 0 aliphatic heterocycles. The minimum atomic E-state index is -0.526. The molecule has 2 aliphatic carbocycles. The molecule has 9 nitrogen and oxygen atoms in total. The lowest BCUT2D eigenvalue weighted by Gasteiger charge is -2.31. The van der Waals surface area contributed by atoms with Crippen LogP contribution in [0.2, 0.25) is 0 Å². The number of nitrogens with zero attached hydrogens (tertiary/aromatic N) is 2. The maximum absolute atomic E-state index is 12.8. The number of rotatable bonds is 9. The van der Waals surface area contributed by atoms with Gasteiger partial charge in [0, 0.05) is 55.5 Å². The molecule has 3 N–H and O–H groups in total. The number of para-hydroxylation sites is 1. The summed E-state index contributed by atoms with van der Waals surface area (Å²) >= 11 is 0. The van der Waals surface area contributed by atoms with Crippen molar-refractivity contribution in [2.24, 2.45) is 18.2 Å². The summed E-state index contributed by atoms with van der Waals surface area (Å²) in [5, 5.41) is 3.23. The zero-order chi connectivity index (χ0) is 30.9. The Morgan fingerprint density at radius 3 is 2.33 bits per heavy atom. The molecule has 0 atom stereocenters. The van der Waals surface area contributed by atoms with Crippen molar-refractivity contribution in [2.75, 3.05) is 7.05 Å². The van der Waals surface area contributed by atoms with E-state index >= 15 is 0 Å². The van der Waals surface area contributed by atoms with E-state index in [1.54, 1.807) is 20.3 Å². The lowest BCUT2D eigenvalue weighted by molar-refractivity contribution is -0.126. The highest BCUT2D eigenvalue weighted by Gasteiger charge is 2.45. The number of benzene rings is 2. The predicted molar refractivity (Wildman–Crippen MR) is 166 cm³/mol. The number of primary amides is 1. The second-order valence-corrected chi connectivity index (χ2v) is 12.5. The summed E-state index contributed by atoms with van der Waals surface area (Å²) < 4.78 is 14.6. The van der Waals surface area contributed by atoms with Crippen LogP contribution in [0, 0.1) is 19.3 Å². The van der Waals surface area contributed by atoms with Crippen LogP contribution >= 0.6 is 0 Å². The second-order valence-electron chi connectivity index (χ2n) is 12.5. The van der Waals surface area contributed by atoms with Crippen molar-refractivity contribution in [1.29, 1.82) is 0 Å². The van der Waals surface area contributed by atoms with Gasteiger partial charge in [0.2, 0.25) is 5.91 Å². The molecule has 5 rings (SSSR count). The molecule has 228 valence electrons. The number of amides is 3. The molecule has 3 aromatic rings. The maximum Gasteiger partial charge on any atom is 0.314 e. The molecule has 0 bridgehead atoms. The summed E-state index contributed by atoms with van der Waals surface area (Å²) in [6.07, 6.45) is 6.77. The molecule has 43 heavy (non-hydrogen) atoms. The van der Waals surface area contributed by atoms with Crippen LogP contribution in [0.5, 0.6) is 17.2 Å². The summed E-state index contributed by atoms with van der Waals surface area (Å²) in [5.41, 5.74) is 9.44. The quantitative estimate of drug-likeness (QED) is 0.340. The van der Waals surface area contributed by atoms with Crippen molar-refractivity contribution >= 4 is 11.9 Å². The van der Waals surface area contributed by atoms with Crippen LogP contribution in [0.1, 0.15) is 62.1 Å². The smallest absolute Gasteiger partial charge is 0.314 e. The number of hydrogen-bond acceptors (Lipinski definition) is 5. The van der Waals surface area contributed by atoms with Gasteiger partial charge in [0.15, 0.2) is 0 Å². The highest BCUT2D eigenvalue weighted by Crippen LogP contribution is 2.45. The van der Waals surface area contributed by atoms with E-state index < -0.39 is 6.03 Å². The van der Waals surface area contributed by atoms with E-state index in [0.717, 1.165) is 66.5 Å². The number of aromatic nitrogens is 1. The summed E-state index contributed by atoms with van der Waals surface area (Å²) in [6, 6.07) is 12.9. The zero-order valence-corrected chi connectivity index (χ0v) is 25.7. The molecule has 0 saturated heterocycles. The van der Waals surface area contributed by atoms with E-state index in [1.807, 2.05) is 57.2 Å². The number of nitrogens with two attached hydrogens (primary N) is 1. The molecular formula is C34H42N4O5. The van der Waals surface area contributed by atoms with Crippen LogP contribution in [0.3, 0.4) is 0 Å². The Hall–Kier alpha value is -4.27. The first-order chi connectivity index (χ1) is 20.4. The van der Waals surface area contributed by atoms with Crippen LogP contribution in [-0.2, 0) is 18.4 Å². The molecule has 3 amide bonds. The van der Waals surface area contributed by atoms with Gasteiger partial charge in [-0.3, -0.25) is 9.59 Å². The van der Waals surface area contributed by atoms with Crippen LogP contribution in [0.15, 0.2) is 53.5 Å². The Bertz CT molecular complexity index is 1560. The van der Waals surface area contributed by atoms with Crippen LogP contribution in [0.4, 0.5) is 4.79 Å². The number of hydrogen-bond donors (Lipinski definition) is 2. The minimum absolute atomic E-state index is 0.0947. The van der Waals surface area contributed by atoms with E-state index in [4.69, 9.17) is 15.2 Å². The first-order valence-corrected chi connectivity index (χ1v) is 15.0. The fourth-order valence-electron chi connectivity index (χ4n) is 5.59. The highest BCUT2D eigenvalue weighted by molar-refractivity contribution is 5.85. The van der Waals surface area contributed by atoms with Gasteiger partial charge in [0.05, 0.1) is 6.10 Å². The minimum Gasteiger partial charge on any atom is -0.490 e. The molecule has 1 aromatic heterocycles. The van der Waals surface area contributed by atoms with Crippen LogP contribution in [0.25, 0.3) is 11.1 Å². The standard InChI is InChI=1S/C34H42N4O5/c1-21-7-6-8-22(2)31(21)43-28-14-9-23(19-38(5)33(35)41)17-26(28)27-20-37(4)30(39)18-29(27)42-25-12-10-24(11-13-25)36-32(40)34(3)15-16-34/h6-9,14,17-18,20,24-25H,10-13,15-16,19H2,1-5H3,(H2,35,41)(H,36,40)/t24-,25-. The summed E-state index contributed by atoms with van der Waals surface area (Å²) in [6.45, 7) is 6.34. The molecule has 9 heteroatoms. The topological polar surface area (TPSA) is 116 Å². The SMILES string of the molecule is Cc1cccc(C)c1Oc1ccc(CN(C)C(N)=O)cc1-c1cn(C)c(=O)cc1O[C@H]1CC[C@H](NC(=O)C2(C)CC2)CC1. The molecule has 0 unspecified atom stereocenters. The zero-order valence-electron chi connectivity index (χ0n) is 25.7. The Kier molecular flexibility index (Phi) is 8.53. The number of urea groups is 1. The molecule has 0 radical (unpaired) electrons. The second kappa shape index (κ2) is 12.1. The predicted octanol–water partition coefficient (Wildman–Crippen LogP) is 5.58. The van der Waals surface area contributed by atoms with Crippen molar-refractivity contribution in [3.63, 3.8) is 0 Å². The number of carbonyl (C=O) groups excluding carboxylic acids is 2. The van der Waals surface area contributed by atoms with Crippen molar-refractivity contribution in [1.82, 2.24) is 14.8 Å². The van der Waals surface area contributed by atoms with E-state index in [1.165, 1.54) is 15.5 Å². The normalized spacial score (nSPS) is 18.9. The number of aryl methyl sites for hydroxylation is 3. The fraction of sp³-hybridized carbons (Fsp3) is 0.441. The summed E-state index contributed by atoms with van der Waals surface area (Å²) in [5.74, 6) is 2.00. The molecular weight excluding hydrogens is 544 g/mol. The maximum atomic E-state index is 12.8. The molecule has 2 aromatic carbocycles. The van der Waals surface area contributed by atoms with Gasteiger partial charge in [-0.2, -0.15) is 0 Å². The molecule has 2 aliphatic rings. The van der Waals surface area contributed by atoms with E-state index in [0.29, 0.717) is 23.6 Å². The first kappa shape index (κ1) is 30.2. The third kappa shape index (κ3) is 6.87. The van der Waals surface area contributed by atoms with Gasteiger partial charge in [-0.05, 0) is 81.2 Å². The van der Waals surface area contributed by atoms with Crippen molar-refractivity contribution in [2.45, 2.75) is 78.0 Å². The van der Waals surface area contributed by atoms with Crippen molar-refractivity contribution in [3.05, 3.63) is 75.7 Å². The molecule has 1 heterocycles. The van der Waals surface area contributed by atoms with E-state index in [-0.39, 0.29) is 29.0 Å². The molecule has 2 fully saturated rings. The number of ether oxygens (including phenoxy) is 2. The Balaban J connectivity index is 1.46. The highest BCUT2D eigenvalue weighted by atomic mass is 16.5. The fourth-order valence-corrected chi connectivity index (χ4v) is 5.59. The van der Waals surface area contributed by atoms with Gasteiger partial charge in [-0.1, -0.05) is 31.2 Å². The third-order valence-electron chi connectivity index (χ3n) is 8.79. The average molecular weight is 587 g/mol. The van der Waals surface area contributed by atoms with Gasteiger partial charge >= 0.3 is 6.03 Å². The van der Waals surface area contributed by atoms with Gasteiger partial charge in [-0.15, -0.1) is 0 Å². The van der Waals surface area contributed by atoms with Gasteiger partial charge in [0.1, 0.15) is 17.2 Å².